The molecule has 0 bridgehead atoms. The number of aryl methyl sites for hydroxylation is 1. The summed E-state index contributed by atoms with van der Waals surface area (Å²) in [5, 5.41) is 3.43. The number of anilines is 1. The van der Waals surface area contributed by atoms with E-state index >= 15 is 0 Å². The number of fused-ring (bicyclic) bond motifs is 1. The molecule has 1 N–H and O–H groups in total. The van der Waals surface area contributed by atoms with Gasteiger partial charge in [0.1, 0.15) is 17.2 Å². The summed E-state index contributed by atoms with van der Waals surface area (Å²) in [6.07, 6.45) is 0. The van der Waals surface area contributed by atoms with Crippen molar-refractivity contribution in [2.45, 2.75) is 13.8 Å². The van der Waals surface area contributed by atoms with Crippen LogP contribution in [0, 0.1) is 13.8 Å². The van der Waals surface area contributed by atoms with Crippen molar-refractivity contribution < 1.29 is 9.53 Å². The molecule has 6 heteroatoms. The van der Waals surface area contributed by atoms with Crippen LogP contribution in [0.25, 0.3) is 0 Å². The normalized spacial score (nSPS) is 14.1. The number of hydrogen-bond acceptors (Lipinski definition) is 3. The summed E-state index contributed by atoms with van der Waals surface area (Å²) < 4.78 is 6.56. The Morgan fingerprint density at radius 3 is 2.25 bits per heavy atom. The lowest BCUT2D eigenvalue weighted by atomic mass is 10.1. The highest BCUT2D eigenvalue weighted by molar-refractivity contribution is 9.10. The van der Waals surface area contributed by atoms with Gasteiger partial charge in [0.25, 0.3) is 5.91 Å². The number of aliphatic imine (C=N–C) groups is 1. The number of benzene rings is 3. The fourth-order valence-electron chi connectivity index (χ4n) is 2.97. The summed E-state index contributed by atoms with van der Waals surface area (Å²) >= 11 is 9.69. The number of hydrogen-bond donors (Lipinski definition) is 1. The van der Waals surface area contributed by atoms with Crippen LogP contribution in [0.2, 0.25) is 5.02 Å². The molecule has 0 radical (unpaired) electrons. The lowest BCUT2D eigenvalue weighted by molar-refractivity contribution is -0.110. The molecular formula is C22H16BrClN2O2. The van der Waals surface area contributed by atoms with Crippen molar-refractivity contribution in [2.75, 3.05) is 5.32 Å². The van der Waals surface area contributed by atoms with Gasteiger partial charge in [0.05, 0.1) is 16.4 Å². The Labute approximate surface area is 176 Å². The number of nitrogens with zero attached hydrogens (tertiary/aromatic N) is 1. The predicted octanol–water partition coefficient (Wildman–Crippen LogP) is 6.58. The standard InChI is InChI=1S/C22H16BrClN2O2/c1-12-3-7-15(8-4-12)28-16-9-5-14(6-10-16)25-21-17-11-18(23)19(24)13(2)20(17)26-22(21)27/h3-11H,1-2H3,(H,25,26,27). The SMILES string of the molecule is Cc1ccc(Oc2ccc(N=C3C(=O)Nc4c3cc(Br)c(Cl)c4C)cc2)cc1. The molecule has 1 aliphatic heterocycles. The Balaban J connectivity index is 1.62. The highest BCUT2D eigenvalue weighted by Gasteiger charge is 2.29. The van der Waals surface area contributed by atoms with Crippen LogP contribution in [-0.2, 0) is 4.79 Å². The molecule has 3 aromatic carbocycles. The molecule has 0 fully saturated rings. The van der Waals surface area contributed by atoms with E-state index in [1.165, 1.54) is 5.56 Å². The summed E-state index contributed by atoms with van der Waals surface area (Å²) in [5.74, 6) is 1.23. The summed E-state index contributed by atoms with van der Waals surface area (Å²) in [4.78, 5) is 17.0. The fraction of sp³-hybridized carbons (Fsp3) is 0.0909. The van der Waals surface area contributed by atoms with Gasteiger partial charge in [-0.15, -0.1) is 0 Å². The van der Waals surface area contributed by atoms with Gasteiger partial charge < -0.3 is 10.1 Å². The lowest BCUT2D eigenvalue weighted by Crippen LogP contribution is -2.13. The summed E-state index contributed by atoms with van der Waals surface area (Å²) in [6.45, 7) is 3.90. The number of carbonyl (C=O) groups is 1. The van der Waals surface area contributed by atoms with Crippen LogP contribution in [0.4, 0.5) is 11.4 Å². The van der Waals surface area contributed by atoms with Gasteiger partial charge in [0, 0.05) is 10.0 Å². The smallest absolute Gasteiger partial charge is 0.275 e. The highest BCUT2D eigenvalue weighted by atomic mass is 79.9. The molecule has 0 aliphatic carbocycles. The Morgan fingerprint density at radius 1 is 1.00 bits per heavy atom. The van der Waals surface area contributed by atoms with Crippen LogP contribution in [0.1, 0.15) is 16.7 Å². The van der Waals surface area contributed by atoms with E-state index in [4.69, 9.17) is 16.3 Å². The predicted molar refractivity (Wildman–Crippen MR) is 116 cm³/mol. The van der Waals surface area contributed by atoms with Gasteiger partial charge in [-0.3, -0.25) is 4.79 Å². The largest absolute Gasteiger partial charge is 0.457 e. The van der Waals surface area contributed by atoms with Crippen molar-refractivity contribution in [2.24, 2.45) is 4.99 Å². The van der Waals surface area contributed by atoms with Crippen LogP contribution in [0.3, 0.4) is 0 Å². The van der Waals surface area contributed by atoms with Gasteiger partial charge in [-0.1, -0.05) is 29.3 Å². The summed E-state index contributed by atoms with van der Waals surface area (Å²) in [7, 11) is 0. The molecule has 1 amide bonds. The minimum Gasteiger partial charge on any atom is -0.457 e. The van der Waals surface area contributed by atoms with Gasteiger partial charge in [-0.25, -0.2) is 4.99 Å². The van der Waals surface area contributed by atoms with Crippen LogP contribution in [0.5, 0.6) is 11.5 Å². The van der Waals surface area contributed by atoms with E-state index in [-0.39, 0.29) is 5.91 Å². The number of nitrogens with one attached hydrogen (secondary N) is 1. The third-order valence-electron chi connectivity index (χ3n) is 4.50. The second-order valence-electron chi connectivity index (χ2n) is 6.54. The van der Waals surface area contributed by atoms with E-state index in [1.54, 1.807) is 0 Å². The topological polar surface area (TPSA) is 50.7 Å². The highest BCUT2D eigenvalue weighted by Crippen LogP contribution is 2.38. The second kappa shape index (κ2) is 7.41. The molecule has 3 aromatic rings. The number of carbonyl (C=O) groups excluding carboxylic acids is 1. The number of amides is 1. The second-order valence-corrected chi connectivity index (χ2v) is 7.78. The Morgan fingerprint density at radius 2 is 1.61 bits per heavy atom. The summed E-state index contributed by atoms with van der Waals surface area (Å²) in [5.41, 5.74) is 4.46. The molecule has 0 spiro atoms. The molecule has 0 atom stereocenters. The molecule has 0 unspecified atom stereocenters. The zero-order valence-electron chi connectivity index (χ0n) is 15.2. The van der Waals surface area contributed by atoms with Crippen molar-refractivity contribution in [1.82, 2.24) is 0 Å². The Kier molecular flexibility index (Phi) is 4.96. The average Bonchev–Trinajstić information content (AvgIpc) is 2.99. The van der Waals surface area contributed by atoms with Crippen molar-refractivity contribution in [3.05, 3.63) is 80.8 Å². The van der Waals surface area contributed by atoms with E-state index in [0.29, 0.717) is 27.9 Å². The maximum Gasteiger partial charge on any atom is 0.275 e. The number of rotatable bonds is 3. The lowest BCUT2D eigenvalue weighted by Gasteiger charge is -2.07. The first-order valence-corrected chi connectivity index (χ1v) is 9.83. The van der Waals surface area contributed by atoms with Crippen molar-refractivity contribution >= 4 is 50.5 Å². The molecule has 0 saturated carbocycles. The number of ether oxygens (including phenoxy) is 1. The van der Waals surface area contributed by atoms with Crippen LogP contribution in [-0.4, -0.2) is 11.6 Å². The maximum absolute atomic E-state index is 12.4. The third kappa shape index (κ3) is 3.55. The zero-order chi connectivity index (χ0) is 19.8. The molecule has 0 aromatic heterocycles. The molecule has 4 rings (SSSR count). The van der Waals surface area contributed by atoms with Gasteiger partial charge in [-0.05, 0) is 77.8 Å². The first kappa shape index (κ1) is 18.7. The number of halogens is 2. The maximum atomic E-state index is 12.4. The quantitative estimate of drug-likeness (QED) is 0.484. The zero-order valence-corrected chi connectivity index (χ0v) is 17.6. The van der Waals surface area contributed by atoms with Crippen LogP contribution < -0.4 is 10.1 Å². The van der Waals surface area contributed by atoms with E-state index in [9.17, 15) is 4.79 Å². The van der Waals surface area contributed by atoms with Crippen LogP contribution >= 0.6 is 27.5 Å². The first-order valence-electron chi connectivity index (χ1n) is 8.66. The van der Waals surface area contributed by atoms with Gasteiger partial charge >= 0.3 is 0 Å². The molecule has 1 heterocycles. The Bertz CT molecular complexity index is 1110. The van der Waals surface area contributed by atoms with Crippen molar-refractivity contribution in [3.8, 4) is 11.5 Å². The molecule has 28 heavy (non-hydrogen) atoms. The van der Waals surface area contributed by atoms with Gasteiger partial charge in [-0.2, -0.15) is 0 Å². The van der Waals surface area contributed by atoms with E-state index < -0.39 is 0 Å². The van der Waals surface area contributed by atoms with E-state index in [1.807, 2.05) is 68.4 Å². The monoisotopic (exact) mass is 454 g/mol. The molecule has 4 nitrogen and oxygen atoms in total. The van der Waals surface area contributed by atoms with Crippen LogP contribution in [0.15, 0.2) is 64.1 Å². The van der Waals surface area contributed by atoms with E-state index in [2.05, 4.69) is 26.2 Å². The molecular weight excluding hydrogens is 440 g/mol. The van der Waals surface area contributed by atoms with Gasteiger partial charge in [0.15, 0.2) is 0 Å². The Hall–Kier alpha value is -2.63. The molecule has 140 valence electrons. The fourth-order valence-corrected chi connectivity index (χ4v) is 3.64. The van der Waals surface area contributed by atoms with E-state index in [0.717, 1.165) is 21.3 Å². The van der Waals surface area contributed by atoms with Gasteiger partial charge in [0.2, 0.25) is 0 Å². The molecule has 0 saturated heterocycles. The minimum atomic E-state index is -0.243. The van der Waals surface area contributed by atoms with Crippen molar-refractivity contribution in [1.29, 1.82) is 0 Å². The summed E-state index contributed by atoms with van der Waals surface area (Å²) in [6, 6.07) is 17.0. The minimum absolute atomic E-state index is 0.243. The average molecular weight is 456 g/mol. The third-order valence-corrected chi connectivity index (χ3v) is 5.84. The first-order chi connectivity index (χ1) is 13.4. The molecule has 1 aliphatic rings. The van der Waals surface area contributed by atoms with Crippen molar-refractivity contribution in [3.63, 3.8) is 0 Å².